The first-order valence-corrected chi connectivity index (χ1v) is 6.77. The van der Waals surface area contributed by atoms with Crippen LogP contribution in [0.15, 0.2) is 36.4 Å². The summed E-state index contributed by atoms with van der Waals surface area (Å²) >= 11 is 4.40. The van der Waals surface area contributed by atoms with Crippen molar-refractivity contribution in [3.05, 3.63) is 42.1 Å². The Morgan fingerprint density at radius 2 is 2.05 bits per heavy atom. The molecule has 0 bridgehead atoms. The van der Waals surface area contributed by atoms with E-state index in [1.807, 2.05) is 48.0 Å². The second kappa shape index (κ2) is 4.74. The van der Waals surface area contributed by atoms with E-state index in [2.05, 4.69) is 17.7 Å². The lowest BCUT2D eigenvalue weighted by molar-refractivity contribution is -0.117. The number of nitrogens with zero attached hydrogens (tertiary/aromatic N) is 3. The molecule has 1 saturated heterocycles. The Balaban J connectivity index is 2.05. The van der Waals surface area contributed by atoms with E-state index in [1.165, 1.54) is 0 Å². The summed E-state index contributed by atoms with van der Waals surface area (Å²) in [7, 11) is 0. The number of hydrogen-bond acceptors (Lipinski definition) is 3. The van der Waals surface area contributed by atoms with Crippen LogP contribution in [0.5, 0.6) is 0 Å². The van der Waals surface area contributed by atoms with Crippen molar-refractivity contribution < 1.29 is 4.79 Å². The van der Waals surface area contributed by atoms with E-state index in [-0.39, 0.29) is 11.2 Å². The summed E-state index contributed by atoms with van der Waals surface area (Å²) in [4.78, 5) is 13.8. The van der Waals surface area contributed by atoms with Crippen molar-refractivity contribution in [1.82, 2.24) is 9.78 Å². The Morgan fingerprint density at radius 3 is 2.68 bits per heavy atom. The molecule has 2 aromatic rings. The van der Waals surface area contributed by atoms with Crippen molar-refractivity contribution >= 4 is 24.4 Å². The van der Waals surface area contributed by atoms with Crippen LogP contribution in [0.1, 0.15) is 12.1 Å². The summed E-state index contributed by atoms with van der Waals surface area (Å²) in [5.41, 5.74) is 1.86. The highest BCUT2D eigenvalue weighted by Gasteiger charge is 2.30. The summed E-state index contributed by atoms with van der Waals surface area (Å²) in [6.45, 7) is 2.57. The number of amides is 1. The molecule has 98 valence electrons. The normalized spacial score (nSPS) is 19.2. The lowest BCUT2D eigenvalue weighted by Crippen LogP contribution is -2.27. The van der Waals surface area contributed by atoms with E-state index < -0.39 is 0 Å². The minimum absolute atomic E-state index is 0.104. The molecule has 0 aliphatic carbocycles. The first-order chi connectivity index (χ1) is 9.15. The summed E-state index contributed by atoms with van der Waals surface area (Å²) in [6, 6.07) is 11.8. The third-order valence-corrected chi connectivity index (χ3v) is 3.54. The number of hydrogen-bond donors (Lipinski definition) is 1. The van der Waals surface area contributed by atoms with Crippen molar-refractivity contribution in [1.29, 1.82) is 0 Å². The zero-order valence-electron chi connectivity index (χ0n) is 10.7. The molecule has 1 atom stereocenters. The first kappa shape index (κ1) is 12.3. The Bertz CT molecular complexity index is 608. The Hall–Kier alpha value is -1.75. The first-order valence-electron chi connectivity index (χ1n) is 6.25. The van der Waals surface area contributed by atoms with Gasteiger partial charge in [0, 0.05) is 24.3 Å². The largest absolute Gasteiger partial charge is 0.296 e. The van der Waals surface area contributed by atoms with Crippen molar-refractivity contribution in [2.75, 3.05) is 11.4 Å². The zero-order chi connectivity index (χ0) is 13.4. The number of carbonyl (C=O) groups excluding carboxylic acids is 1. The van der Waals surface area contributed by atoms with Gasteiger partial charge in [-0.2, -0.15) is 17.7 Å². The zero-order valence-corrected chi connectivity index (χ0v) is 11.5. The molecule has 0 N–H and O–H groups in total. The molecule has 1 aliphatic heterocycles. The Labute approximate surface area is 117 Å². The molecule has 1 unspecified atom stereocenters. The molecule has 2 heterocycles. The number of thiol groups is 1. The third-order valence-electron chi connectivity index (χ3n) is 3.19. The average molecular weight is 273 g/mol. The topological polar surface area (TPSA) is 38.1 Å². The van der Waals surface area contributed by atoms with Gasteiger partial charge in [-0.05, 0) is 19.1 Å². The molecule has 5 heteroatoms. The number of carbonyl (C=O) groups is 1. The van der Waals surface area contributed by atoms with Gasteiger partial charge < -0.3 is 0 Å². The summed E-state index contributed by atoms with van der Waals surface area (Å²) in [5.74, 6) is 0.933. The Kier molecular flexibility index (Phi) is 3.06. The number of aromatic nitrogens is 2. The number of para-hydroxylation sites is 1. The van der Waals surface area contributed by atoms with Crippen LogP contribution in [0.2, 0.25) is 0 Å². The molecule has 0 radical (unpaired) electrons. The quantitative estimate of drug-likeness (QED) is 0.852. The minimum atomic E-state index is 0.104. The van der Waals surface area contributed by atoms with Gasteiger partial charge in [0.15, 0.2) is 0 Å². The van der Waals surface area contributed by atoms with Gasteiger partial charge in [0.25, 0.3) is 0 Å². The van der Waals surface area contributed by atoms with Crippen LogP contribution >= 0.6 is 12.6 Å². The monoisotopic (exact) mass is 273 g/mol. The van der Waals surface area contributed by atoms with Crippen LogP contribution in [0, 0.1) is 6.92 Å². The van der Waals surface area contributed by atoms with Crippen LogP contribution in [0.4, 0.5) is 5.82 Å². The summed E-state index contributed by atoms with van der Waals surface area (Å²) in [6.07, 6.45) is 0.488. The van der Waals surface area contributed by atoms with Gasteiger partial charge in [-0.25, -0.2) is 4.68 Å². The second-order valence-electron chi connectivity index (χ2n) is 4.75. The van der Waals surface area contributed by atoms with E-state index in [4.69, 9.17) is 0 Å². The number of rotatable bonds is 2. The highest BCUT2D eigenvalue weighted by atomic mass is 32.1. The molecule has 1 aromatic carbocycles. The number of benzene rings is 1. The van der Waals surface area contributed by atoms with Gasteiger partial charge in [0.1, 0.15) is 5.82 Å². The minimum Gasteiger partial charge on any atom is -0.296 e. The average Bonchev–Trinajstić information content (AvgIpc) is 2.93. The van der Waals surface area contributed by atoms with Crippen LogP contribution in [-0.4, -0.2) is 27.5 Å². The number of aryl methyl sites for hydroxylation is 1. The summed E-state index contributed by atoms with van der Waals surface area (Å²) in [5, 5.41) is 4.59. The van der Waals surface area contributed by atoms with Crippen LogP contribution in [0.25, 0.3) is 5.69 Å². The molecule has 4 nitrogen and oxygen atoms in total. The maximum atomic E-state index is 12.0. The number of anilines is 1. The van der Waals surface area contributed by atoms with Crippen LogP contribution < -0.4 is 4.90 Å². The van der Waals surface area contributed by atoms with E-state index in [0.29, 0.717) is 13.0 Å². The van der Waals surface area contributed by atoms with Crippen molar-refractivity contribution in [2.24, 2.45) is 0 Å². The highest BCUT2D eigenvalue weighted by molar-refractivity contribution is 7.81. The molecular weight excluding hydrogens is 258 g/mol. The smallest absolute Gasteiger partial charge is 0.229 e. The fourth-order valence-corrected chi connectivity index (χ4v) is 2.67. The van der Waals surface area contributed by atoms with Gasteiger partial charge in [-0.15, -0.1) is 0 Å². The highest BCUT2D eigenvalue weighted by Crippen LogP contribution is 2.27. The molecule has 19 heavy (non-hydrogen) atoms. The van der Waals surface area contributed by atoms with Crippen LogP contribution in [0.3, 0.4) is 0 Å². The maximum Gasteiger partial charge on any atom is 0.229 e. The van der Waals surface area contributed by atoms with Gasteiger partial charge >= 0.3 is 0 Å². The molecule has 1 aliphatic rings. The van der Waals surface area contributed by atoms with Crippen molar-refractivity contribution in [2.45, 2.75) is 18.6 Å². The summed E-state index contributed by atoms with van der Waals surface area (Å²) < 4.78 is 1.82. The maximum absolute atomic E-state index is 12.0. The van der Waals surface area contributed by atoms with E-state index >= 15 is 0 Å². The van der Waals surface area contributed by atoms with Gasteiger partial charge in [0.2, 0.25) is 5.91 Å². The lowest BCUT2D eigenvalue weighted by Gasteiger charge is -2.17. The molecule has 1 aromatic heterocycles. The Morgan fingerprint density at radius 1 is 1.32 bits per heavy atom. The SMILES string of the molecule is Cc1cc(N2CC(S)CC2=O)n(-c2ccccc2)n1. The van der Waals surface area contributed by atoms with E-state index in [9.17, 15) is 4.79 Å². The van der Waals surface area contributed by atoms with Crippen LogP contribution in [-0.2, 0) is 4.79 Å². The molecule has 3 rings (SSSR count). The van der Waals surface area contributed by atoms with Gasteiger partial charge in [-0.1, -0.05) is 18.2 Å². The van der Waals surface area contributed by atoms with Crippen molar-refractivity contribution in [3.8, 4) is 5.69 Å². The molecule has 1 fully saturated rings. The molecule has 1 amide bonds. The molecule has 0 saturated carbocycles. The predicted octanol–water partition coefficient (Wildman–Crippen LogP) is 2.22. The fraction of sp³-hybridized carbons (Fsp3) is 0.286. The second-order valence-corrected chi connectivity index (χ2v) is 5.48. The lowest BCUT2D eigenvalue weighted by atomic mass is 10.3. The van der Waals surface area contributed by atoms with Gasteiger partial charge in [0.05, 0.1) is 11.4 Å². The van der Waals surface area contributed by atoms with Crippen molar-refractivity contribution in [3.63, 3.8) is 0 Å². The molecule has 0 spiro atoms. The third kappa shape index (κ3) is 2.26. The van der Waals surface area contributed by atoms with E-state index in [1.54, 1.807) is 4.90 Å². The fourth-order valence-electron chi connectivity index (χ4n) is 2.35. The predicted molar refractivity (Wildman–Crippen MR) is 78.0 cm³/mol. The van der Waals surface area contributed by atoms with Gasteiger partial charge in [-0.3, -0.25) is 9.69 Å². The standard InChI is InChI=1S/C14H15N3OS/c1-10-7-13(16-9-12(19)8-14(16)18)17(15-10)11-5-3-2-4-6-11/h2-7,12,19H,8-9H2,1H3. The molecular formula is C14H15N3OS. The van der Waals surface area contributed by atoms with E-state index in [0.717, 1.165) is 17.2 Å².